The zero-order valence-electron chi connectivity index (χ0n) is 19.8. The second-order valence-electron chi connectivity index (χ2n) is 9.10. The number of thiophene rings is 1. The molecule has 1 atom stereocenters. The maximum Gasteiger partial charge on any atom is 0.261 e. The molecule has 0 radical (unpaired) electrons. The van der Waals surface area contributed by atoms with E-state index in [2.05, 4.69) is 5.10 Å². The zero-order chi connectivity index (χ0) is 26.6. The van der Waals surface area contributed by atoms with Gasteiger partial charge in [-0.3, -0.25) is 24.0 Å². The number of carbonyl (C=O) groups excluding carboxylic acids is 3. The van der Waals surface area contributed by atoms with Crippen molar-refractivity contribution in [2.45, 2.75) is 18.9 Å². The second-order valence-corrected chi connectivity index (χ2v) is 10.1. The van der Waals surface area contributed by atoms with Crippen LogP contribution in [0.15, 0.2) is 54.7 Å². The molecule has 2 aromatic carbocycles. The quantitative estimate of drug-likeness (QED) is 0.376. The Hall–Kier alpha value is -4.38. The van der Waals surface area contributed by atoms with Gasteiger partial charge in [0.25, 0.3) is 17.7 Å². The summed E-state index contributed by atoms with van der Waals surface area (Å²) in [6.07, 6.45) is 1.64. The number of hydrogen-bond donors (Lipinski definition) is 1. The average Bonchev–Trinajstić information content (AvgIpc) is 3.52. The number of fused-ring (bicyclic) bond motifs is 4. The number of aromatic nitrogens is 2. The molecule has 8 nitrogen and oxygen atoms in total. The summed E-state index contributed by atoms with van der Waals surface area (Å²) in [5, 5.41) is 4.79. The molecular formula is C27H20F2N4O4S. The number of primary amides is 1. The topological polar surface area (TPSA) is 108 Å². The lowest BCUT2D eigenvalue weighted by Gasteiger charge is -2.24. The number of benzene rings is 2. The summed E-state index contributed by atoms with van der Waals surface area (Å²) in [4.78, 5) is 40.5. The first-order chi connectivity index (χ1) is 18.3. The predicted molar refractivity (Wildman–Crippen MR) is 134 cm³/mol. The van der Waals surface area contributed by atoms with Gasteiger partial charge in [-0.05, 0) is 47.9 Å². The SMILES string of the molecule is NC(=O)c1sc2c(c1[C@H](Cc1cc(F)cc(F)c1)CN1C(=O)c3ccccc3C1=O)-c1ccnn1CCO2. The number of amides is 3. The summed E-state index contributed by atoms with van der Waals surface area (Å²) >= 11 is 1.07. The minimum absolute atomic E-state index is 0.0136. The van der Waals surface area contributed by atoms with Crippen LogP contribution in [-0.4, -0.2) is 45.6 Å². The molecule has 6 rings (SSSR count). The Labute approximate surface area is 219 Å². The van der Waals surface area contributed by atoms with E-state index in [0.29, 0.717) is 40.6 Å². The number of carbonyl (C=O) groups is 3. The summed E-state index contributed by atoms with van der Waals surface area (Å²) in [5.41, 5.74) is 8.32. The molecule has 0 fully saturated rings. The number of nitrogens with zero attached hydrogens (tertiary/aromatic N) is 3. The van der Waals surface area contributed by atoms with E-state index in [0.717, 1.165) is 22.3 Å². The first kappa shape index (κ1) is 24.0. The minimum Gasteiger partial charge on any atom is -0.481 e. The Morgan fingerprint density at radius 2 is 1.76 bits per heavy atom. The zero-order valence-corrected chi connectivity index (χ0v) is 20.6. The van der Waals surface area contributed by atoms with Crippen LogP contribution in [0.5, 0.6) is 5.06 Å². The van der Waals surface area contributed by atoms with Crippen molar-refractivity contribution in [3.05, 3.63) is 93.5 Å². The molecule has 0 unspecified atom stereocenters. The molecule has 192 valence electrons. The Balaban J connectivity index is 1.52. The van der Waals surface area contributed by atoms with Crippen LogP contribution in [0, 0.1) is 11.6 Å². The first-order valence-electron chi connectivity index (χ1n) is 11.8. The van der Waals surface area contributed by atoms with E-state index in [9.17, 15) is 23.2 Å². The van der Waals surface area contributed by atoms with E-state index in [-0.39, 0.29) is 29.0 Å². The first-order valence-corrected chi connectivity index (χ1v) is 12.6. The van der Waals surface area contributed by atoms with Gasteiger partial charge in [-0.1, -0.05) is 23.5 Å². The monoisotopic (exact) mass is 534 g/mol. The molecule has 2 aliphatic rings. The van der Waals surface area contributed by atoms with Gasteiger partial charge in [-0.15, -0.1) is 0 Å². The summed E-state index contributed by atoms with van der Waals surface area (Å²) in [6, 6.07) is 11.4. The van der Waals surface area contributed by atoms with Crippen molar-refractivity contribution < 1.29 is 27.9 Å². The van der Waals surface area contributed by atoms with Crippen molar-refractivity contribution in [1.82, 2.24) is 14.7 Å². The molecule has 0 saturated heterocycles. The van der Waals surface area contributed by atoms with Crippen molar-refractivity contribution in [3.63, 3.8) is 0 Å². The van der Waals surface area contributed by atoms with Gasteiger partial charge in [0, 0.05) is 24.7 Å². The molecule has 2 aliphatic heterocycles. The Bertz CT molecular complexity index is 1570. The lowest BCUT2D eigenvalue weighted by Crippen LogP contribution is -2.35. The van der Waals surface area contributed by atoms with Crippen LogP contribution in [0.4, 0.5) is 8.78 Å². The third kappa shape index (κ3) is 3.95. The number of ether oxygens (including phenoxy) is 1. The number of imide groups is 1. The Kier molecular flexibility index (Phi) is 5.79. The van der Waals surface area contributed by atoms with Crippen LogP contribution >= 0.6 is 11.3 Å². The predicted octanol–water partition coefficient (Wildman–Crippen LogP) is 4.00. The molecule has 4 aromatic rings. The van der Waals surface area contributed by atoms with Crippen molar-refractivity contribution in [1.29, 1.82) is 0 Å². The lowest BCUT2D eigenvalue weighted by molar-refractivity contribution is 0.0644. The molecule has 38 heavy (non-hydrogen) atoms. The van der Waals surface area contributed by atoms with Crippen LogP contribution in [0.2, 0.25) is 0 Å². The van der Waals surface area contributed by atoms with Gasteiger partial charge >= 0.3 is 0 Å². The average molecular weight is 535 g/mol. The summed E-state index contributed by atoms with van der Waals surface area (Å²) in [7, 11) is 0. The highest BCUT2D eigenvalue weighted by atomic mass is 32.1. The molecule has 3 amide bonds. The standard InChI is InChI=1S/C27H20F2N4O4S/c28-16-10-14(11-17(29)12-16)9-15(13-32-25(35)18-3-1-2-4-19(18)26(32)36)21-22-20-5-6-31-33(20)7-8-37-27(22)38-23(21)24(30)34/h1-6,10-12,15H,7-9,13H2,(H2,30,34)/t15-/m1/s1. The van der Waals surface area contributed by atoms with Crippen LogP contribution in [-0.2, 0) is 13.0 Å². The maximum absolute atomic E-state index is 14.2. The van der Waals surface area contributed by atoms with Crippen LogP contribution in [0.3, 0.4) is 0 Å². The molecule has 2 aromatic heterocycles. The molecule has 2 N–H and O–H groups in total. The minimum atomic E-state index is -0.764. The van der Waals surface area contributed by atoms with Gasteiger partial charge in [-0.25, -0.2) is 8.78 Å². The van der Waals surface area contributed by atoms with Crippen molar-refractivity contribution >= 4 is 29.1 Å². The highest BCUT2D eigenvalue weighted by Crippen LogP contribution is 2.48. The van der Waals surface area contributed by atoms with Gasteiger partial charge in [0.15, 0.2) is 5.06 Å². The van der Waals surface area contributed by atoms with E-state index >= 15 is 0 Å². The molecule has 0 aliphatic carbocycles. The second kappa shape index (κ2) is 9.18. The Morgan fingerprint density at radius 1 is 1.08 bits per heavy atom. The highest BCUT2D eigenvalue weighted by molar-refractivity contribution is 7.16. The van der Waals surface area contributed by atoms with Crippen molar-refractivity contribution in [3.8, 4) is 16.3 Å². The third-order valence-electron chi connectivity index (χ3n) is 6.74. The van der Waals surface area contributed by atoms with E-state index in [1.54, 1.807) is 41.2 Å². The fourth-order valence-corrected chi connectivity index (χ4v) is 6.31. The smallest absolute Gasteiger partial charge is 0.261 e. The Morgan fingerprint density at radius 3 is 2.42 bits per heavy atom. The van der Waals surface area contributed by atoms with E-state index in [1.807, 2.05) is 0 Å². The summed E-state index contributed by atoms with van der Waals surface area (Å²) in [5.74, 6) is -3.95. The lowest BCUT2D eigenvalue weighted by atomic mass is 9.87. The van der Waals surface area contributed by atoms with E-state index in [4.69, 9.17) is 10.5 Å². The van der Waals surface area contributed by atoms with Crippen LogP contribution in [0.25, 0.3) is 11.3 Å². The van der Waals surface area contributed by atoms with Gasteiger partial charge in [0.05, 0.1) is 33.8 Å². The fourth-order valence-electron chi connectivity index (χ4n) is 5.18. The highest BCUT2D eigenvalue weighted by Gasteiger charge is 2.39. The van der Waals surface area contributed by atoms with Crippen LogP contribution < -0.4 is 10.5 Å². The van der Waals surface area contributed by atoms with Gasteiger partial charge < -0.3 is 10.5 Å². The van der Waals surface area contributed by atoms with E-state index in [1.165, 1.54) is 12.1 Å². The number of halogens is 2. The summed E-state index contributed by atoms with van der Waals surface area (Å²) < 4.78 is 36.0. The fraction of sp³-hybridized carbons (Fsp3) is 0.185. The number of rotatable bonds is 6. The largest absolute Gasteiger partial charge is 0.481 e. The summed E-state index contributed by atoms with van der Waals surface area (Å²) in [6.45, 7) is 0.618. The third-order valence-corrected chi connectivity index (χ3v) is 7.87. The van der Waals surface area contributed by atoms with Crippen LogP contribution in [0.1, 0.15) is 47.4 Å². The van der Waals surface area contributed by atoms with Gasteiger partial charge in [0.1, 0.15) is 18.2 Å². The molecule has 0 spiro atoms. The normalized spacial score (nSPS) is 14.9. The van der Waals surface area contributed by atoms with Crippen molar-refractivity contribution in [2.75, 3.05) is 13.2 Å². The van der Waals surface area contributed by atoms with Gasteiger partial charge in [0.2, 0.25) is 0 Å². The van der Waals surface area contributed by atoms with E-state index < -0.39 is 35.3 Å². The van der Waals surface area contributed by atoms with Crippen molar-refractivity contribution in [2.24, 2.45) is 5.73 Å². The van der Waals surface area contributed by atoms with Gasteiger partial charge in [-0.2, -0.15) is 5.10 Å². The number of hydrogen-bond acceptors (Lipinski definition) is 6. The molecule has 4 heterocycles. The number of nitrogens with two attached hydrogens (primary N) is 1. The molecule has 0 bridgehead atoms. The molecular weight excluding hydrogens is 514 g/mol. The maximum atomic E-state index is 14.2. The molecule has 0 saturated carbocycles. The molecule has 11 heteroatoms.